The summed E-state index contributed by atoms with van der Waals surface area (Å²) in [5.74, 6) is -1.19. The van der Waals surface area contributed by atoms with Crippen LogP contribution in [0.2, 0.25) is 0 Å². The van der Waals surface area contributed by atoms with E-state index < -0.39 is 70.9 Å². The molecule has 226 valence electrons. The molecule has 6 rings (SSSR count). The van der Waals surface area contributed by atoms with Crippen LogP contribution in [0, 0.1) is 28.6 Å². The molecular formula is C29H44O11. The molecule has 0 radical (unpaired) electrons. The van der Waals surface area contributed by atoms with Crippen LogP contribution in [-0.2, 0) is 19.0 Å². The lowest BCUT2D eigenvalue weighted by atomic mass is 9.41. The molecule has 0 unspecified atom stereocenters. The van der Waals surface area contributed by atoms with Crippen LogP contribution < -0.4 is 0 Å². The summed E-state index contributed by atoms with van der Waals surface area (Å²) in [4.78, 5) is 11.8. The van der Waals surface area contributed by atoms with Gasteiger partial charge in [-0.05, 0) is 75.2 Å². The summed E-state index contributed by atoms with van der Waals surface area (Å²) in [6.45, 7) is 3.36. The molecule has 4 saturated carbocycles. The van der Waals surface area contributed by atoms with Gasteiger partial charge in [0.2, 0.25) is 0 Å². The van der Waals surface area contributed by atoms with Crippen LogP contribution in [0.4, 0.5) is 0 Å². The molecule has 5 fully saturated rings. The second-order valence-electron chi connectivity index (χ2n) is 13.7. The normalized spacial score (nSPS) is 56.1. The molecule has 6 aliphatic rings. The van der Waals surface area contributed by atoms with Gasteiger partial charge in [-0.3, -0.25) is 0 Å². The summed E-state index contributed by atoms with van der Waals surface area (Å²) in [5.41, 5.74) is -3.63. The Morgan fingerprint density at radius 1 is 1.00 bits per heavy atom. The van der Waals surface area contributed by atoms with E-state index in [-0.39, 0.29) is 37.4 Å². The van der Waals surface area contributed by atoms with Crippen molar-refractivity contribution in [1.82, 2.24) is 0 Å². The average molecular weight is 569 g/mol. The van der Waals surface area contributed by atoms with Gasteiger partial charge < -0.3 is 50.0 Å². The van der Waals surface area contributed by atoms with Gasteiger partial charge in [0.15, 0.2) is 6.29 Å². The Morgan fingerprint density at radius 3 is 2.42 bits per heavy atom. The number of hydrogen-bond donors (Lipinski definition) is 7. The van der Waals surface area contributed by atoms with Gasteiger partial charge in [-0.15, -0.1) is 0 Å². The highest BCUT2D eigenvalue weighted by molar-refractivity contribution is 5.85. The lowest BCUT2D eigenvalue weighted by Gasteiger charge is -2.67. The van der Waals surface area contributed by atoms with Crippen LogP contribution in [0.15, 0.2) is 11.6 Å². The standard InChI is InChI=1S/C29H44O11/c1-14-22(33)23(34)24(35)25(39-14)40-16-3-6-27(13-30)19-10-20(31)26(2)17(15-9-21(32)38-12-15)5-8-29(26,37)18(19)4-7-28(27,36)11-16/h9,14,16-20,22-25,30-31,33-37H,3-8,10-13H2,1-2H3/t14-,16+,17-,18-,19+,20-,22+,23-,24-,25+,26+,27+,28+,29+/m1/s1. The number of aliphatic hydroxyl groups is 7. The Kier molecular flexibility index (Phi) is 7.01. The van der Waals surface area contributed by atoms with Crippen molar-refractivity contribution >= 4 is 5.97 Å². The monoisotopic (exact) mass is 568 g/mol. The van der Waals surface area contributed by atoms with Crippen molar-refractivity contribution in [2.75, 3.05) is 13.2 Å². The van der Waals surface area contributed by atoms with E-state index in [1.54, 1.807) is 6.92 Å². The fraction of sp³-hybridized carbons (Fsp3) is 0.897. The van der Waals surface area contributed by atoms with E-state index in [9.17, 15) is 40.5 Å². The molecule has 4 aliphatic carbocycles. The summed E-state index contributed by atoms with van der Waals surface area (Å²) in [5, 5.41) is 77.8. The van der Waals surface area contributed by atoms with Crippen molar-refractivity contribution in [1.29, 1.82) is 0 Å². The average Bonchev–Trinajstić information content (AvgIpc) is 3.46. The minimum Gasteiger partial charge on any atom is -0.458 e. The predicted molar refractivity (Wildman–Crippen MR) is 137 cm³/mol. The highest BCUT2D eigenvalue weighted by atomic mass is 16.7. The zero-order valence-corrected chi connectivity index (χ0v) is 23.2. The van der Waals surface area contributed by atoms with Gasteiger partial charge in [0.1, 0.15) is 24.9 Å². The van der Waals surface area contributed by atoms with E-state index in [1.807, 2.05) is 6.92 Å². The minimum absolute atomic E-state index is 0.164. The first kappa shape index (κ1) is 28.9. The molecule has 2 aliphatic heterocycles. The summed E-state index contributed by atoms with van der Waals surface area (Å²) in [7, 11) is 0. The van der Waals surface area contributed by atoms with Crippen molar-refractivity contribution < 1.29 is 54.8 Å². The molecule has 11 heteroatoms. The van der Waals surface area contributed by atoms with E-state index in [2.05, 4.69) is 0 Å². The Balaban J connectivity index is 1.25. The first-order valence-corrected chi connectivity index (χ1v) is 14.8. The summed E-state index contributed by atoms with van der Waals surface area (Å²) >= 11 is 0. The number of aliphatic hydroxyl groups excluding tert-OH is 5. The quantitative estimate of drug-likeness (QED) is 0.171. The second kappa shape index (κ2) is 9.68. The molecule has 11 nitrogen and oxygen atoms in total. The maximum absolute atomic E-state index is 12.4. The third kappa shape index (κ3) is 3.79. The number of ether oxygens (including phenoxy) is 3. The Morgan fingerprint density at radius 2 is 1.75 bits per heavy atom. The van der Waals surface area contributed by atoms with Crippen LogP contribution in [0.5, 0.6) is 0 Å². The van der Waals surface area contributed by atoms with Gasteiger partial charge >= 0.3 is 5.97 Å². The van der Waals surface area contributed by atoms with Crippen LogP contribution in [0.3, 0.4) is 0 Å². The number of carbonyl (C=O) groups is 1. The summed E-state index contributed by atoms with van der Waals surface area (Å²) in [6.07, 6.45) is -2.81. The molecule has 0 aromatic rings. The van der Waals surface area contributed by atoms with Crippen molar-refractivity contribution in [3.8, 4) is 0 Å². The third-order valence-corrected chi connectivity index (χ3v) is 12.3. The number of hydrogen-bond acceptors (Lipinski definition) is 11. The van der Waals surface area contributed by atoms with E-state index >= 15 is 0 Å². The summed E-state index contributed by atoms with van der Waals surface area (Å²) in [6, 6.07) is 0. The molecule has 40 heavy (non-hydrogen) atoms. The molecule has 0 aromatic carbocycles. The largest absolute Gasteiger partial charge is 0.458 e. The molecule has 0 amide bonds. The van der Waals surface area contributed by atoms with Crippen LogP contribution in [0.25, 0.3) is 0 Å². The van der Waals surface area contributed by atoms with Crippen molar-refractivity contribution in [3.63, 3.8) is 0 Å². The fourth-order valence-electron chi connectivity index (χ4n) is 9.92. The smallest absolute Gasteiger partial charge is 0.331 e. The van der Waals surface area contributed by atoms with Gasteiger partial charge in [-0.2, -0.15) is 0 Å². The number of fused-ring (bicyclic) bond motifs is 5. The maximum atomic E-state index is 12.4. The van der Waals surface area contributed by atoms with E-state index in [0.717, 1.165) is 5.57 Å². The minimum atomic E-state index is -1.45. The molecule has 0 bridgehead atoms. The molecule has 7 N–H and O–H groups in total. The zero-order chi connectivity index (χ0) is 28.8. The van der Waals surface area contributed by atoms with Gasteiger partial charge in [0.05, 0.1) is 36.1 Å². The Bertz CT molecular complexity index is 1050. The Hall–Kier alpha value is -1.15. The van der Waals surface area contributed by atoms with Gasteiger partial charge in [0, 0.05) is 23.3 Å². The number of carbonyl (C=O) groups excluding carboxylic acids is 1. The zero-order valence-electron chi connectivity index (χ0n) is 23.2. The van der Waals surface area contributed by atoms with Crippen LogP contribution in [0.1, 0.15) is 65.2 Å². The predicted octanol–water partition coefficient (Wildman–Crippen LogP) is -0.486. The van der Waals surface area contributed by atoms with E-state index in [0.29, 0.717) is 44.9 Å². The topological polar surface area (TPSA) is 186 Å². The first-order chi connectivity index (χ1) is 18.8. The van der Waals surface area contributed by atoms with E-state index in [4.69, 9.17) is 14.2 Å². The third-order valence-electron chi connectivity index (χ3n) is 12.3. The molecule has 2 heterocycles. The van der Waals surface area contributed by atoms with Crippen molar-refractivity contribution in [2.24, 2.45) is 28.6 Å². The molecule has 0 spiro atoms. The molecule has 0 aromatic heterocycles. The van der Waals surface area contributed by atoms with Crippen molar-refractivity contribution in [2.45, 2.75) is 119 Å². The highest BCUT2D eigenvalue weighted by Crippen LogP contribution is 2.70. The molecule has 1 saturated heterocycles. The van der Waals surface area contributed by atoms with Gasteiger partial charge in [-0.1, -0.05) is 6.92 Å². The lowest BCUT2D eigenvalue weighted by molar-refractivity contribution is -0.325. The molecular weight excluding hydrogens is 524 g/mol. The SMILES string of the molecule is C[C@H]1O[C@@H](O[C@H]2CC[C@]3(CO)[C@H]4C[C@@H](O)[C@]5(C)[C@@H](C6=CC(=O)OC6)CC[C@]5(O)[C@@H]4CC[C@]3(O)C2)[C@H](O)[C@H](O)[C@H]1O. The van der Waals surface area contributed by atoms with Crippen molar-refractivity contribution in [3.05, 3.63) is 11.6 Å². The first-order valence-electron chi connectivity index (χ1n) is 14.8. The second-order valence-corrected chi connectivity index (χ2v) is 13.7. The van der Waals surface area contributed by atoms with Gasteiger partial charge in [-0.25, -0.2) is 4.79 Å². The van der Waals surface area contributed by atoms with E-state index in [1.165, 1.54) is 6.08 Å². The number of rotatable bonds is 4. The summed E-state index contributed by atoms with van der Waals surface area (Å²) < 4.78 is 16.8. The Labute approximate surface area is 233 Å². The number of cyclic esters (lactones) is 1. The number of esters is 1. The highest BCUT2D eigenvalue weighted by Gasteiger charge is 2.73. The maximum Gasteiger partial charge on any atom is 0.331 e. The molecule has 14 atom stereocenters. The van der Waals surface area contributed by atoms with Gasteiger partial charge in [0.25, 0.3) is 0 Å². The fourth-order valence-corrected chi connectivity index (χ4v) is 9.92. The van der Waals surface area contributed by atoms with Crippen LogP contribution in [-0.4, -0.2) is 109 Å². The lowest BCUT2D eigenvalue weighted by Crippen LogP contribution is -2.72. The van der Waals surface area contributed by atoms with Crippen LogP contribution >= 0.6 is 0 Å².